The van der Waals surface area contributed by atoms with Crippen LogP contribution in [0.5, 0.6) is 0 Å². The quantitative estimate of drug-likeness (QED) is 0.764. The maximum atomic E-state index is 3.36. The Bertz CT molecular complexity index is 181. The van der Waals surface area contributed by atoms with Crippen LogP contribution in [-0.2, 0) is 0 Å². The SMILES string of the molecule is CCC1CCC(N(C)CC2CNC2)CC1. The van der Waals surface area contributed by atoms with E-state index in [1.807, 2.05) is 0 Å². The van der Waals surface area contributed by atoms with Crippen molar-refractivity contribution in [2.45, 2.75) is 45.1 Å². The molecule has 2 nitrogen and oxygen atoms in total. The van der Waals surface area contributed by atoms with Gasteiger partial charge in [0, 0.05) is 25.7 Å². The average Bonchev–Trinajstić information content (AvgIpc) is 2.23. The summed E-state index contributed by atoms with van der Waals surface area (Å²) in [6, 6.07) is 0.883. The van der Waals surface area contributed by atoms with E-state index in [0.29, 0.717) is 0 Å². The molecule has 1 aliphatic heterocycles. The number of nitrogens with zero attached hydrogens (tertiary/aromatic N) is 1. The van der Waals surface area contributed by atoms with E-state index in [4.69, 9.17) is 0 Å². The molecule has 0 amide bonds. The molecule has 2 rings (SSSR count). The fourth-order valence-electron chi connectivity index (χ4n) is 3.03. The molecule has 0 spiro atoms. The van der Waals surface area contributed by atoms with Gasteiger partial charge in [0.15, 0.2) is 0 Å². The Balaban J connectivity index is 1.69. The van der Waals surface area contributed by atoms with E-state index in [0.717, 1.165) is 17.9 Å². The summed E-state index contributed by atoms with van der Waals surface area (Å²) in [5, 5.41) is 3.36. The lowest BCUT2D eigenvalue weighted by Crippen LogP contribution is -2.49. The number of nitrogens with one attached hydrogen (secondary N) is 1. The van der Waals surface area contributed by atoms with Crippen molar-refractivity contribution in [1.82, 2.24) is 10.2 Å². The van der Waals surface area contributed by atoms with E-state index in [2.05, 4.69) is 24.2 Å². The van der Waals surface area contributed by atoms with Crippen molar-refractivity contribution >= 4 is 0 Å². The van der Waals surface area contributed by atoms with Crippen LogP contribution in [0.3, 0.4) is 0 Å². The van der Waals surface area contributed by atoms with Crippen molar-refractivity contribution in [2.75, 3.05) is 26.7 Å². The van der Waals surface area contributed by atoms with Gasteiger partial charge in [-0.2, -0.15) is 0 Å². The van der Waals surface area contributed by atoms with Crippen molar-refractivity contribution in [3.8, 4) is 0 Å². The Morgan fingerprint density at radius 2 is 1.73 bits per heavy atom. The molecular weight excluding hydrogens is 184 g/mol. The summed E-state index contributed by atoms with van der Waals surface area (Å²) in [5.74, 6) is 1.96. The molecule has 0 radical (unpaired) electrons. The minimum Gasteiger partial charge on any atom is -0.316 e. The summed E-state index contributed by atoms with van der Waals surface area (Å²) in [7, 11) is 2.33. The van der Waals surface area contributed by atoms with Crippen LogP contribution in [0.25, 0.3) is 0 Å². The van der Waals surface area contributed by atoms with Crippen molar-refractivity contribution in [3.63, 3.8) is 0 Å². The molecule has 1 heterocycles. The summed E-state index contributed by atoms with van der Waals surface area (Å²) in [6.07, 6.45) is 7.20. The number of hydrogen-bond acceptors (Lipinski definition) is 2. The fourth-order valence-corrected chi connectivity index (χ4v) is 3.03. The van der Waals surface area contributed by atoms with Gasteiger partial charge >= 0.3 is 0 Å². The first-order chi connectivity index (χ1) is 7.29. The Morgan fingerprint density at radius 3 is 2.20 bits per heavy atom. The summed E-state index contributed by atoms with van der Waals surface area (Å²) >= 11 is 0. The molecule has 1 aliphatic carbocycles. The topological polar surface area (TPSA) is 15.3 Å². The zero-order valence-electron chi connectivity index (χ0n) is 10.3. The van der Waals surface area contributed by atoms with Crippen LogP contribution in [0.4, 0.5) is 0 Å². The first kappa shape index (κ1) is 11.4. The molecule has 2 heteroatoms. The highest BCUT2D eigenvalue weighted by molar-refractivity contribution is 4.82. The van der Waals surface area contributed by atoms with Gasteiger partial charge in [0.05, 0.1) is 0 Å². The molecule has 1 saturated carbocycles. The minimum absolute atomic E-state index is 0.883. The second kappa shape index (κ2) is 5.31. The third kappa shape index (κ3) is 2.94. The van der Waals surface area contributed by atoms with E-state index in [-0.39, 0.29) is 0 Å². The molecule has 1 saturated heterocycles. The third-order valence-electron chi connectivity index (χ3n) is 4.43. The Kier molecular flexibility index (Phi) is 4.04. The van der Waals surface area contributed by atoms with Gasteiger partial charge in [-0.25, -0.2) is 0 Å². The smallest absolute Gasteiger partial charge is 0.00925 e. The molecule has 0 bridgehead atoms. The Hall–Kier alpha value is -0.0800. The summed E-state index contributed by atoms with van der Waals surface area (Å²) < 4.78 is 0. The zero-order chi connectivity index (χ0) is 10.7. The van der Waals surface area contributed by atoms with Crippen molar-refractivity contribution < 1.29 is 0 Å². The summed E-state index contributed by atoms with van der Waals surface area (Å²) in [5.41, 5.74) is 0. The Labute approximate surface area is 94.4 Å². The van der Waals surface area contributed by atoms with Crippen LogP contribution in [0, 0.1) is 11.8 Å². The molecule has 1 N–H and O–H groups in total. The molecular formula is C13H26N2. The lowest BCUT2D eigenvalue weighted by molar-refractivity contribution is 0.129. The van der Waals surface area contributed by atoms with Crippen molar-refractivity contribution in [3.05, 3.63) is 0 Å². The molecule has 0 aromatic carbocycles. The fraction of sp³-hybridized carbons (Fsp3) is 1.00. The first-order valence-electron chi connectivity index (χ1n) is 6.70. The van der Waals surface area contributed by atoms with Gasteiger partial charge in [0.2, 0.25) is 0 Å². The van der Waals surface area contributed by atoms with E-state index in [9.17, 15) is 0 Å². The normalized spacial score (nSPS) is 33.0. The van der Waals surface area contributed by atoms with E-state index in [1.54, 1.807) is 0 Å². The van der Waals surface area contributed by atoms with Crippen LogP contribution in [-0.4, -0.2) is 37.6 Å². The molecule has 2 aliphatic rings. The van der Waals surface area contributed by atoms with Gasteiger partial charge in [-0.3, -0.25) is 0 Å². The second-order valence-corrected chi connectivity index (χ2v) is 5.55. The van der Waals surface area contributed by atoms with Crippen molar-refractivity contribution in [2.24, 2.45) is 11.8 Å². The second-order valence-electron chi connectivity index (χ2n) is 5.55. The monoisotopic (exact) mass is 210 g/mol. The largest absolute Gasteiger partial charge is 0.316 e. The molecule has 2 fully saturated rings. The third-order valence-corrected chi connectivity index (χ3v) is 4.43. The molecule has 15 heavy (non-hydrogen) atoms. The lowest BCUT2D eigenvalue weighted by Gasteiger charge is -2.38. The highest BCUT2D eigenvalue weighted by Crippen LogP contribution is 2.29. The molecule has 0 atom stereocenters. The molecule has 88 valence electrons. The van der Waals surface area contributed by atoms with Crippen molar-refractivity contribution in [1.29, 1.82) is 0 Å². The highest BCUT2D eigenvalue weighted by atomic mass is 15.1. The van der Waals surface area contributed by atoms with Gasteiger partial charge in [-0.15, -0.1) is 0 Å². The first-order valence-corrected chi connectivity index (χ1v) is 6.70. The predicted molar refractivity (Wildman–Crippen MR) is 65.0 cm³/mol. The Morgan fingerprint density at radius 1 is 1.07 bits per heavy atom. The van der Waals surface area contributed by atoms with E-state index in [1.165, 1.54) is 51.7 Å². The lowest BCUT2D eigenvalue weighted by atomic mass is 9.84. The zero-order valence-corrected chi connectivity index (χ0v) is 10.3. The van der Waals surface area contributed by atoms with Crippen LogP contribution in [0.15, 0.2) is 0 Å². The van der Waals surface area contributed by atoms with Gasteiger partial charge in [0.25, 0.3) is 0 Å². The standard InChI is InChI=1S/C13H26N2/c1-3-11-4-6-13(7-5-11)15(2)10-12-8-14-9-12/h11-14H,3-10H2,1-2H3. The summed E-state index contributed by atoms with van der Waals surface area (Å²) in [6.45, 7) is 6.15. The maximum absolute atomic E-state index is 3.36. The van der Waals surface area contributed by atoms with E-state index >= 15 is 0 Å². The molecule has 0 aromatic rings. The van der Waals surface area contributed by atoms with Gasteiger partial charge < -0.3 is 10.2 Å². The van der Waals surface area contributed by atoms with E-state index < -0.39 is 0 Å². The van der Waals surface area contributed by atoms with Crippen LogP contribution in [0.2, 0.25) is 0 Å². The van der Waals surface area contributed by atoms with Crippen LogP contribution < -0.4 is 5.32 Å². The minimum atomic E-state index is 0.883. The van der Waals surface area contributed by atoms with Crippen LogP contribution >= 0.6 is 0 Å². The number of hydrogen-bond donors (Lipinski definition) is 1. The van der Waals surface area contributed by atoms with Crippen LogP contribution in [0.1, 0.15) is 39.0 Å². The summed E-state index contributed by atoms with van der Waals surface area (Å²) in [4.78, 5) is 2.62. The maximum Gasteiger partial charge on any atom is 0.00925 e. The molecule has 0 unspecified atom stereocenters. The molecule has 0 aromatic heterocycles. The average molecular weight is 210 g/mol. The highest BCUT2D eigenvalue weighted by Gasteiger charge is 2.26. The van der Waals surface area contributed by atoms with Gasteiger partial charge in [-0.05, 0) is 44.6 Å². The van der Waals surface area contributed by atoms with Gasteiger partial charge in [0.1, 0.15) is 0 Å². The predicted octanol–water partition coefficient (Wildman–Crippen LogP) is 2.11. The van der Waals surface area contributed by atoms with Gasteiger partial charge in [-0.1, -0.05) is 13.3 Å². The number of rotatable bonds is 4.